The van der Waals surface area contributed by atoms with Gasteiger partial charge in [-0.15, -0.1) is 11.3 Å². The summed E-state index contributed by atoms with van der Waals surface area (Å²) in [7, 11) is -2.61. The van der Waals surface area contributed by atoms with Gasteiger partial charge in [0.25, 0.3) is 15.9 Å². The van der Waals surface area contributed by atoms with E-state index in [1.54, 1.807) is 29.6 Å². The van der Waals surface area contributed by atoms with E-state index in [-0.39, 0.29) is 9.77 Å². The maximum Gasteiger partial charge on any atom is 0.267 e. The molecule has 0 atom stereocenters. The standard InChI is InChI=1S/C18H15FN2O3S2/c1-21(15-9-7-13(19)8-10-15)26(23,24)16-11-12-25-17(16)18(22)20-14-5-3-2-4-6-14/h2-12H,1H3,(H,20,22). The zero-order valence-corrected chi connectivity index (χ0v) is 15.4. The molecule has 0 aliphatic carbocycles. The average molecular weight is 390 g/mol. The molecule has 1 N–H and O–H groups in total. The Morgan fingerprint density at radius 2 is 1.69 bits per heavy atom. The van der Waals surface area contributed by atoms with Crippen molar-refractivity contribution in [2.45, 2.75) is 4.90 Å². The van der Waals surface area contributed by atoms with E-state index in [0.29, 0.717) is 11.4 Å². The number of carbonyl (C=O) groups is 1. The zero-order valence-electron chi connectivity index (χ0n) is 13.7. The number of sulfonamides is 1. The molecule has 0 saturated carbocycles. The molecule has 26 heavy (non-hydrogen) atoms. The number of anilines is 2. The summed E-state index contributed by atoms with van der Waals surface area (Å²) in [6.45, 7) is 0. The van der Waals surface area contributed by atoms with Crippen molar-refractivity contribution in [2.75, 3.05) is 16.7 Å². The summed E-state index contributed by atoms with van der Waals surface area (Å²) in [5, 5.41) is 4.23. The van der Waals surface area contributed by atoms with Crippen LogP contribution in [0.3, 0.4) is 0 Å². The monoisotopic (exact) mass is 390 g/mol. The van der Waals surface area contributed by atoms with Gasteiger partial charge < -0.3 is 5.32 Å². The number of amides is 1. The summed E-state index contributed by atoms with van der Waals surface area (Å²) in [4.78, 5) is 12.5. The fourth-order valence-corrected chi connectivity index (χ4v) is 4.80. The predicted molar refractivity (Wildman–Crippen MR) is 101 cm³/mol. The van der Waals surface area contributed by atoms with Gasteiger partial charge in [-0.2, -0.15) is 0 Å². The van der Waals surface area contributed by atoms with E-state index in [2.05, 4.69) is 5.32 Å². The second-order valence-corrected chi connectivity index (χ2v) is 8.24. The topological polar surface area (TPSA) is 66.5 Å². The van der Waals surface area contributed by atoms with Crippen LogP contribution in [0, 0.1) is 5.82 Å². The third kappa shape index (κ3) is 3.61. The first kappa shape index (κ1) is 18.1. The number of hydrogen-bond acceptors (Lipinski definition) is 4. The second kappa shape index (κ2) is 7.27. The fraction of sp³-hybridized carbons (Fsp3) is 0.0556. The molecule has 3 aromatic rings. The number of halogens is 1. The molecular formula is C18H15FN2O3S2. The number of para-hydroxylation sites is 1. The molecule has 3 rings (SSSR count). The lowest BCUT2D eigenvalue weighted by molar-refractivity contribution is 0.102. The Morgan fingerprint density at radius 3 is 2.35 bits per heavy atom. The summed E-state index contributed by atoms with van der Waals surface area (Å²) in [5.41, 5.74) is 0.869. The van der Waals surface area contributed by atoms with Gasteiger partial charge in [0.2, 0.25) is 0 Å². The van der Waals surface area contributed by atoms with E-state index in [4.69, 9.17) is 0 Å². The van der Waals surface area contributed by atoms with Crippen LogP contribution in [0.2, 0.25) is 0 Å². The van der Waals surface area contributed by atoms with Crippen LogP contribution < -0.4 is 9.62 Å². The zero-order chi connectivity index (χ0) is 18.7. The summed E-state index contributed by atoms with van der Waals surface area (Å²) < 4.78 is 39.9. The van der Waals surface area contributed by atoms with Crippen LogP contribution >= 0.6 is 11.3 Å². The first-order chi connectivity index (χ1) is 12.4. The molecule has 0 saturated heterocycles. The second-order valence-electron chi connectivity index (χ2n) is 5.38. The van der Waals surface area contributed by atoms with Crippen molar-refractivity contribution in [3.05, 3.63) is 76.7 Å². The molecule has 2 aromatic carbocycles. The third-order valence-corrected chi connectivity index (χ3v) is 6.57. The van der Waals surface area contributed by atoms with Crippen molar-refractivity contribution in [1.29, 1.82) is 0 Å². The molecule has 1 heterocycles. The Morgan fingerprint density at radius 1 is 1.04 bits per heavy atom. The van der Waals surface area contributed by atoms with Crippen molar-refractivity contribution >= 4 is 38.6 Å². The molecule has 0 radical (unpaired) electrons. The van der Waals surface area contributed by atoms with E-state index in [1.165, 1.54) is 37.4 Å². The lowest BCUT2D eigenvalue weighted by Crippen LogP contribution is -2.28. The van der Waals surface area contributed by atoms with E-state index in [1.807, 2.05) is 6.07 Å². The number of thiophene rings is 1. The van der Waals surface area contributed by atoms with Gasteiger partial charge >= 0.3 is 0 Å². The Labute approximate surface area is 154 Å². The van der Waals surface area contributed by atoms with E-state index >= 15 is 0 Å². The van der Waals surface area contributed by atoms with Crippen molar-refractivity contribution in [3.8, 4) is 0 Å². The minimum absolute atomic E-state index is 0.0859. The van der Waals surface area contributed by atoms with E-state index in [0.717, 1.165) is 15.6 Å². The fourth-order valence-electron chi connectivity index (χ4n) is 2.31. The molecule has 0 bridgehead atoms. The Balaban J connectivity index is 1.91. The Bertz CT molecular complexity index is 1020. The molecular weight excluding hydrogens is 375 g/mol. The van der Waals surface area contributed by atoms with E-state index < -0.39 is 21.7 Å². The van der Waals surface area contributed by atoms with Gasteiger partial charge in [-0.05, 0) is 47.8 Å². The highest BCUT2D eigenvalue weighted by atomic mass is 32.2. The van der Waals surface area contributed by atoms with Crippen LogP contribution in [-0.4, -0.2) is 21.4 Å². The minimum atomic E-state index is -3.97. The van der Waals surface area contributed by atoms with Crippen LogP contribution in [0.5, 0.6) is 0 Å². The van der Waals surface area contributed by atoms with Gasteiger partial charge in [0, 0.05) is 12.7 Å². The molecule has 0 spiro atoms. The van der Waals surface area contributed by atoms with Crippen LogP contribution in [0.25, 0.3) is 0 Å². The largest absolute Gasteiger partial charge is 0.321 e. The van der Waals surface area contributed by atoms with Crippen LogP contribution in [0.4, 0.5) is 15.8 Å². The molecule has 5 nitrogen and oxygen atoms in total. The average Bonchev–Trinajstić information content (AvgIpc) is 3.13. The maximum atomic E-state index is 13.1. The van der Waals surface area contributed by atoms with Crippen molar-refractivity contribution < 1.29 is 17.6 Å². The van der Waals surface area contributed by atoms with Gasteiger partial charge in [-0.25, -0.2) is 12.8 Å². The highest BCUT2D eigenvalue weighted by molar-refractivity contribution is 7.93. The molecule has 0 fully saturated rings. The van der Waals surface area contributed by atoms with Gasteiger partial charge in [0.1, 0.15) is 15.6 Å². The summed E-state index contributed by atoms with van der Waals surface area (Å²) >= 11 is 1.04. The van der Waals surface area contributed by atoms with Gasteiger partial charge in [0.05, 0.1) is 5.69 Å². The third-order valence-electron chi connectivity index (χ3n) is 3.70. The number of nitrogens with zero attached hydrogens (tertiary/aromatic N) is 1. The van der Waals surface area contributed by atoms with Crippen LogP contribution in [0.15, 0.2) is 70.9 Å². The normalized spacial score (nSPS) is 11.2. The van der Waals surface area contributed by atoms with Crippen molar-refractivity contribution in [1.82, 2.24) is 0 Å². The summed E-state index contributed by atoms with van der Waals surface area (Å²) in [5.74, 6) is -0.963. The van der Waals surface area contributed by atoms with Gasteiger partial charge in [-0.1, -0.05) is 18.2 Å². The molecule has 1 aromatic heterocycles. The Hall–Kier alpha value is -2.71. The number of benzene rings is 2. The SMILES string of the molecule is CN(c1ccc(F)cc1)S(=O)(=O)c1ccsc1C(=O)Nc1ccccc1. The summed E-state index contributed by atoms with van der Waals surface area (Å²) in [6.07, 6.45) is 0. The van der Waals surface area contributed by atoms with Crippen molar-refractivity contribution in [3.63, 3.8) is 0 Å². The number of hydrogen-bond donors (Lipinski definition) is 1. The summed E-state index contributed by atoms with van der Waals surface area (Å²) in [6, 6.07) is 15.2. The highest BCUT2D eigenvalue weighted by Gasteiger charge is 2.28. The van der Waals surface area contributed by atoms with E-state index in [9.17, 15) is 17.6 Å². The van der Waals surface area contributed by atoms with Crippen LogP contribution in [0.1, 0.15) is 9.67 Å². The molecule has 1 amide bonds. The van der Waals surface area contributed by atoms with Gasteiger partial charge in [0.15, 0.2) is 0 Å². The number of rotatable bonds is 5. The van der Waals surface area contributed by atoms with Gasteiger partial charge in [-0.3, -0.25) is 9.10 Å². The molecule has 8 heteroatoms. The molecule has 0 unspecified atom stereocenters. The smallest absolute Gasteiger partial charge is 0.267 e. The first-order valence-electron chi connectivity index (χ1n) is 7.58. The lowest BCUT2D eigenvalue weighted by Gasteiger charge is -2.19. The quantitative estimate of drug-likeness (QED) is 0.717. The molecule has 0 aliphatic rings. The van der Waals surface area contributed by atoms with Crippen LogP contribution in [-0.2, 0) is 10.0 Å². The first-order valence-corrected chi connectivity index (χ1v) is 9.90. The highest BCUT2D eigenvalue weighted by Crippen LogP contribution is 2.28. The number of carbonyl (C=O) groups excluding carboxylic acids is 1. The van der Waals surface area contributed by atoms with Crippen molar-refractivity contribution in [2.24, 2.45) is 0 Å². The molecule has 0 aliphatic heterocycles. The number of nitrogens with one attached hydrogen (secondary N) is 1. The Kier molecular flexibility index (Phi) is 5.06. The minimum Gasteiger partial charge on any atom is -0.321 e. The lowest BCUT2D eigenvalue weighted by atomic mass is 10.3. The maximum absolute atomic E-state index is 13.1. The predicted octanol–water partition coefficient (Wildman–Crippen LogP) is 3.96. The molecule has 134 valence electrons.